The standard InChI is InChI=1S/C16H31OP/c1-14(2)13-8-10-15(14,3)16(17,12-13)9-6-4-5-7-11-18/h13,17H,4-12,18H2,1-3H3. The van der Waals surface area contributed by atoms with Crippen LogP contribution in [0.5, 0.6) is 0 Å². The average Bonchev–Trinajstić information content (AvgIpc) is 2.61. The third-order valence-corrected chi connectivity index (χ3v) is 7.00. The summed E-state index contributed by atoms with van der Waals surface area (Å²) in [5.74, 6) is 0.750. The number of aliphatic hydroxyl groups is 1. The number of hydrogen-bond donors (Lipinski definition) is 1. The molecule has 2 fully saturated rings. The highest BCUT2D eigenvalue weighted by Gasteiger charge is 2.67. The van der Waals surface area contributed by atoms with Crippen LogP contribution in [0.15, 0.2) is 0 Å². The second-order valence-corrected chi connectivity index (χ2v) is 8.06. The molecule has 0 aliphatic heterocycles. The van der Waals surface area contributed by atoms with Crippen molar-refractivity contribution < 1.29 is 5.11 Å². The Kier molecular flexibility index (Phi) is 4.16. The summed E-state index contributed by atoms with van der Waals surface area (Å²) < 4.78 is 0. The zero-order chi connectivity index (χ0) is 13.4. The van der Waals surface area contributed by atoms with E-state index in [0.29, 0.717) is 5.41 Å². The van der Waals surface area contributed by atoms with Gasteiger partial charge in [0.2, 0.25) is 0 Å². The van der Waals surface area contributed by atoms with Gasteiger partial charge in [0, 0.05) is 5.41 Å². The van der Waals surface area contributed by atoms with Gasteiger partial charge in [-0.05, 0) is 49.6 Å². The fourth-order valence-electron chi connectivity index (χ4n) is 4.71. The van der Waals surface area contributed by atoms with Crippen molar-refractivity contribution in [1.29, 1.82) is 0 Å². The van der Waals surface area contributed by atoms with E-state index in [9.17, 15) is 5.11 Å². The summed E-state index contributed by atoms with van der Waals surface area (Å²) in [5, 5.41) is 11.1. The molecule has 0 aromatic carbocycles. The maximum Gasteiger partial charge on any atom is 0.0709 e. The molecule has 0 radical (unpaired) electrons. The Morgan fingerprint density at radius 2 is 1.78 bits per heavy atom. The van der Waals surface area contributed by atoms with Crippen molar-refractivity contribution >= 4 is 9.24 Å². The lowest BCUT2D eigenvalue weighted by atomic mass is 9.63. The third kappa shape index (κ3) is 2.06. The topological polar surface area (TPSA) is 20.2 Å². The molecule has 18 heavy (non-hydrogen) atoms. The van der Waals surface area contributed by atoms with Gasteiger partial charge in [-0.3, -0.25) is 0 Å². The molecule has 0 saturated heterocycles. The molecule has 0 amide bonds. The Hall–Kier alpha value is 0.390. The lowest BCUT2D eigenvalue weighted by Gasteiger charge is -2.45. The Morgan fingerprint density at radius 1 is 1.11 bits per heavy atom. The average molecular weight is 270 g/mol. The van der Waals surface area contributed by atoms with Crippen LogP contribution in [-0.2, 0) is 0 Å². The molecule has 2 heteroatoms. The molecular weight excluding hydrogens is 239 g/mol. The molecule has 1 N–H and O–H groups in total. The summed E-state index contributed by atoms with van der Waals surface area (Å²) in [6.07, 6.45) is 11.0. The monoisotopic (exact) mass is 270 g/mol. The van der Waals surface area contributed by atoms with Crippen molar-refractivity contribution in [2.45, 2.75) is 77.7 Å². The molecule has 2 aliphatic rings. The second kappa shape index (κ2) is 5.06. The fraction of sp³-hybridized carbons (Fsp3) is 1.00. The van der Waals surface area contributed by atoms with Gasteiger partial charge in [0.1, 0.15) is 0 Å². The van der Waals surface area contributed by atoms with E-state index >= 15 is 0 Å². The first-order chi connectivity index (χ1) is 8.37. The molecular formula is C16H31OP. The Morgan fingerprint density at radius 3 is 2.28 bits per heavy atom. The van der Waals surface area contributed by atoms with E-state index < -0.39 is 0 Å². The molecule has 2 saturated carbocycles. The van der Waals surface area contributed by atoms with Gasteiger partial charge in [0.25, 0.3) is 0 Å². The minimum Gasteiger partial charge on any atom is -0.389 e. The van der Waals surface area contributed by atoms with Crippen LogP contribution in [-0.4, -0.2) is 16.9 Å². The van der Waals surface area contributed by atoms with Crippen molar-refractivity contribution in [3.63, 3.8) is 0 Å². The summed E-state index contributed by atoms with van der Waals surface area (Å²) in [4.78, 5) is 0. The molecule has 4 unspecified atom stereocenters. The summed E-state index contributed by atoms with van der Waals surface area (Å²) in [6, 6.07) is 0. The van der Waals surface area contributed by atoms with Crippen LogP contribution in [0.1, 0.15) is 72.1 Å². The van der Waals surface area contributed by atoms with Crippen LogP contribution in [0.3, 0.4) is 0 Å². The van der Waals surface area contributed by atoms with Gasteiger partial charge in [-0.25, -0.2) is 0 Å². The Labute approximate surface area is 115 Å². The Balaban J connectivity index is 1.92. The highest BCUT2D eigenvalue weighted by atomic mass is 31.0. The lowest BCUT2D eigenvalue weighted by Crippen LogP contribution is -2.47. The zero-order valence-electron chi connectivity index (χ0n) is 12.5. The van der Waals surface area contributed by atoms with Crippen molar-refractivity contribution in [1.82, 2.24) is 0 Å². The van der Waals surface area contributed by atoms with E-state index in [2.05, 4.69) is 30.0 Å². The number of rotatable bonds is 6. The normalized spacial score (nSPS) is 41.5. The molecule has 0 aromatic heterocycles. The van der Waals surface area contributed by atoms with Crippen molar-refractivity contribution in [2.24, 2.45) is 16.7 Å². The van der Waals surface area contributed by atoms with Gasteiger partial charge in [0.15, 0.2) is 0 Å². The minimum atomic E-state index is -0.375. The first-order valence-electron chi connectivity index (χ1n) is 7.80. The van der Waals surface area contributed by atoms with Crippen LogP contribution < -0.4 is 0 Å². The quantitative estimate of drug-likeness (QED) is 0.560. The van der Waals surface area contributed by atoms with Crippen molar-refractivity contribution in [3.8, 4) is 0 Å². The van der Waals surface area contributed by atoms with E-state index in [1.165, 1.54) is 44.7 Å². The molecule has 0 spiro atoms. The summed E-state index contributed by atoms with van der Waals surface area (Å²) in [7, 11) is 2.80. The molecule has 0 heterocycles. The SMILES string of the molecule is CC1(C)C2CCC1(C)C(O)(CCCCCCP)C2. The summed E-state index contributed by atoms with van der Waals surface area (Å²) >= 11 is 0. The van der Waals surface area contributed by atoms with E-state index in [4.69, 9.17) is 0 Å². The fourth-order valence-corrected chi connectivity index (χ4v) is 5.00. The van der Waals surface area contributed by atoms with Gasteiger partial charge in [-0.15, -0.1) is 9.24 Å². The number of unbranched alkanes of at least 4 members (excludes halogenated alkanes) is 3. The first kappa shape index (κ1) is 14.8. The van der Waals surface area contributed by atoms with Crippen LogP contribution in [0.25, 0.3) is 0 Å². The molecule has 106 valence electrons. The Bertz CT molecular complexity index is 301. The van der Waals surface area contributed by atoms with Crippen LogP contribution in [0.2, 0.25) is 0 Å². The smallest absolute Gasteiger partial charge is 0.0709 e. The molecule has 2 bridgehead atoms. The van der Waals surface area contributed by atoms with E-state index in [1.807, 2.05) is 0 Å². The van der Waals surface area contributed by atoms with Gasteiger partial charge in [-0.2, -0.15) is 0 Å². The van der Waals surface area contributed by atoms with Crippen molar-refractivity contribution in [3.05, 3.63) is 0 Å². The van der Waals surface area contributed by atoms with Gasteiger partial charge < -0.3 is 5.11 Å². The largest absolute Gasteiger partial charge is 0.389 e. The van der Waals surface area contributed by atoms with Crippen molar-refractivity contribution in [2.75, 3.05) is 6.16 Å². The lowest BCUT2D eigenvalue weighted by molar-refractivity contribution is -0.0959. The second-order valence-electron chi connectivity index (χ2n) is 7.48. The number of hydrogen-bond acceptors (Lipinski definition) is 1. The van der Waals surface area contributed by atoms with Crippen LogP contribution >= 0.6 is 9.24 Å². The van der Waals surface area contributed by atoms with E-state index in [-0.39, 0.29) is 11.0 Å². The first-order valence-corrected chi connectivity index (χ1v) is 8.61. The van der Waals surface area contributed by atoms with Gasteiger partial charge in [-0.1, -0.05) is 40.0 Å². The molecule has 4 atom stereocenters. The maximum absolute atomic E-state index is 11.1. The van der Waals surface area contributed by atoms with Crippen LogP contribution in [0.4, 0.5) is 0 Å². The van der Waals surface area contributed by atoms with E-state index in [1.54, 1.807) is 0 Å². The highest BCUT2D eigenvalue weighted by molar-refractivity contribution is 7.16. The predicted octanol–water partition coefficient (Wildman–Crippen LogP) is 4.39. The van der Waals surface area contributed by atoms with Gasteiger partial charge >= 0.3 is 0 Å². The molecule has 2 aliphatic carbocycles. The predicted molar refractivity (Wildman–Crippen MR) is 81.8 cm³/mol. The third-order valence-electron chi connectivity index (χ3n) is 6.59. The number of fused-ring (bicyclic) bond motifs is 2. The maximum atomic E-state index is 11.1. The van der Waals surface area contributed by atoms with Crippen LogP contribution in [0, 0.1) is 16.7 Å². The summed E-state index contributed by atoms with van der Waals surface area (Å²) in [6.45, 7) is 7.12. The minimum absolute atomic E-state index is 0.158. The molecule has 2 rings (SSSR count). The van der Waals surface area contributed by atoms with E-state index in [0.717, 1.165) is 18.8 Å². The summed E-state index contributed by atoms with van der Waals surface area (Å²) in [5.41, 5.74) is 0.119. The zero-order valence-corrected chi connectivity index (χ0v) is 13.6. The molecule has 0 aromatic rings. The highest BCUT2D eigenvalue weighted by Crippen LogP contribution is 2.70. The molecule has 1 nitrogen and oxygen atoms in total. The van der Waals surface area contributed by atoms with Gasteiger partial charge in [0.05, 0.1) is 5.60 Å².